The number of hydrogen-bond acceptors (Lipinski definition) is 4. The topological polar surface area (TPSA) is 69.7 Å². The van der Waals surface area contributed by atoms with E-state index in [2.05, 4.69) is 17.1 Å². The van der Waals surface area contributed by atoms with Crippen LogP contribution in [0.25, 0.3) is 0 Å². The molecule has 2 rings (SSSR count). The number of hydrogen-bond donors (Lipinski definition) is 1. The molecule has 1 amide bonds. The molecule has 0 atom stereocenters. The summed E-state index contributed by atoms with van der Waals surface area (Å²) in [5, 5.41) is 3.10. The van der Waals surface area contributed by atoms with Crippen molar-refractivity contribution in [3.8, 4) is 0 Å². The molecule has 6 nitrogen and oxygen atoms in total. The van der Waals surface area contributed by atoms with Gasteiger partial charge in [0.15, 0.2) is 0 Å². The van der Waals surface area contributed by atoms with E-state index in [0.717, 1.165) is 42.5 Å². The molecule has 0 spiro atoms. The quantitative estimate of drug-likeness (QED) is 0.679. The minimum Gasteiger partial charge on any atom is -0.354 e. The maximum atomic E-state index is 12.2. The second-order valence-corrected chi connectivity index (χ2v) is 9.26. The third kappa shape index (κ3) is 6.45. The molecule has 1 aromatic rings. The molecule has 1 N–H and O–H groups in total. The van der Waals surface area contributed by atoms with E-state index in [1.807, 2.05) is 0 Å². The van der Waals surface area contributed by atoms with Crippen molar-refractivity contribution in [3.05, 3.63) is 29.3 Å². The first-order valence-corrected chi connectivity index (χ1v) is 11.2. The number of anilines is 1. The van der Waals surface area contributed by atoms with Gasteiger partial charge in [-0.15, -0.1) is 0 Å². The number of nitrogens with one attached hydrogen (secondary N) is 1. The van der Waals surface area contributed by atoms with Gasteiger partial charge in [-0.05, 0) is 56.9 Å². The fraction of sp³-hybridized carbons (Fsp3) is 0.611. The Morgan fingerprint density at radius 2 is 1.96 bits per heavy atom. The first kappa shape index (κ1) is 21.0. The van der Waals surface area contributed by atoms with Crippen LogP contribution in [-0.2, 0) is 14.8 Å². The fourth-order valence-electron chi connectivity index (χ4n) is 3.04. The van der Waals surface area contributed by atoms with Crippen molar-refractivity contribution in [3.63, 3.8) is 0 Å². The average Bonchev–Trinajstić information content (AvgIpc) is 2.58. The lowest BCUT2D eigenvalue weighted by molar-refractivity contribution is -0.119. The van der Waals surface area contributed by atoms with Gasteiger partial charge in [-0.2, -0.15) is 0 Å². The standard InChI is InChI=1S/C18H28ClN3O3S/c1-15-8-12-21(13-9-15)11-5-10-20-18(23)14-22(26(2,24)25)17-7-4-3-6-16(17)19/h3-4,6-7,15H,5,8-14H2,1-2H3,(H,20,23). The van der Waals surface area contributed by atoms with E-state index in [-0.39, 0.29) is 12.5 Å². The van der Waals surface area contributed by atoms with Crippen LogP contribution in [0.2, 0.25) is 5.02 Å². The van der Waals surface area contributed by atoms with Gasteiger partial charge in [0, 0.05) is 6.54 Å². The highest BCUT2D eigenvalue weighted by Crippen LogP contribution is 2.26. The Morgan fingerprint density at radius 3 is 2.58 bits per heavy atom. The van der Waals surface area contributed by atoms with Gasteiger partial charge in [0.1, 0.15) is 6.54 Å². The Labute approximate surface area is 161 Å². The molecular weight excluding hydrogens is 374 g/mol. The van der Waals surface area contributed by atoms with Gasteiger partial charge < -0.3 is 10.2 Å². The largest absolute Gasteiger partial charge is 0.354 e. The third-order valence-electron chi connectivity index (χ3n) is 4.66. The van der Waals surface area contributed by atoms with Crippen LogP contribution in [0.5, 0.6) is 0 Å². The molecule has 1 heterocycles. The van der Waals surface area contributed by atoms with E-state index >= 15 is 0 Å². The molecule has 0 bridgehead atoms. The highest BCUT2D eigenvalue weighted by molar-refractivity contribution is 7.92. The number of benzene rings is 1. The lowest BCUT2D eigenvalue weighted by atomic mass is 9.99. The molecule has 0 saturated carbocycles. The van der Waals surface area contributed by atoms with E-state index in [1.54, 1.807) is 24.3 Å². The van der Waals surface area contributed by atoms with Gasteiger partial charge in [0.25, 0.3) is 0 Å². The van der Waals surface area contributed by atoms with Crippen molar-refractivity contribution in [2.45, 2.75) is 26.2 Å². The smallest absolute Gasteiger partial charge is 0.240 e. The molecule has 0 aromatic heterocycles. The number of para-hydroxylation sites is 1. The van der Waals surface area contributed by atoms with Crippen molar-refractivity contribution >= 4 is 33.2 Å². The molecule has 1 saturated heterocycles. The molecule has 26 heavy (non-hydrogen) atoms. The number of amides is 1. The van der Waals surface area contributed by atoms with Crippen LogP contribution in [-0.4, -0.2) is 58.2 Å². The SMILES string of the molecule is CC1CCN(CCCNC(=O)CN(c2ccccc2Cl)S(C)(=O)=O)CC1. The molecule has 8 heteroatoms. The number of halogens is 1. The average molecular weight is 402 g/mol. The fourth-order valence-corrected chi connectivity index (χ4v) is 4.19. The number of carbonyl (C=O) groups is 1. The molecule has 0 radical (unpaired) electrons. The van der Waals surface area contributed by atoms with Crippen LogP contribution in [0, 0.1) is 5.92 Å². The first-order valence-electron chi connectivity index (χ1n) is 8.98. The summed E-state index contributed by atoms with van der Waals surface area (Å²) in [6, 6.07) is 6.60. The molecular formula is C18H28ClN3O3S. The zero-order chi connectivity index (χ0) is 19.2. The summed E-state index contributed by atoms with van der Waals surface area (Å²) < 4.78 is 25.2. The molecule has 1 fully saturated rings. The summed E-state index contributed by atoms with van der Waals surface area (Å²) in [6.07, 6.45) is 4.38. The molecule has 146 valence electrons. The second kappa shape index (κ2) is 9.58. The summed E-state index contributed by atoms with van der Waals surface area (Å²) in [5.74, 6) is 0.473. The van der Waals surface area contributed by atoms with Gasteiger partial charge in [-0.25, -0.2) is 8.42 Å². The zero-order valence-electron chi connectivity index (χ0n) is 15.4. The van der Waals surface area contributed by atoms with Crippen LogP contribution in [0.3, 0.4) is 0 Å². The number of nitrogens with zero attached hydrogens (tertiary/aromatic N) is 2. The number of likely N-dealkylation sites (tertiary alicyclic amines) is 1. The zero-order valence-corrected chi connectivity index (χ0v) is 17.0. The summed E-state index contributed by atoms with van der Waals surface area (Å²) in [6.45, 7) is 5.72. The van der Waals surface area contributed by atoms with Gasteiger partial charge in [0.2, 0.25) is 15.9 Å². The van der Waals surface area contributed by atoms with Crippen molar-refractivity contribution in [1.82, 2.24) is 10.2 Å². The van der Waals surface area contributed by atoms with E-state index in [1.165, 1.54) is 12.8 Å². The van der Waals surface area contributed by atoms with Crippen LogP contribution in [0.1, 0.15) is 26.2 Å². The molecule has 1 aromatic carbocycles. The monoisotopic (exact) mass is 401 g/mol. The lowest BCUT2D eigenvalue weighted by Crippen LogP contribution is -2.41. The summed E-state index contributed by atoms with van der Waals surface area (Å²) >= 11 is 6.09. The van der Waals surface area contributed by atoms with Gasteiger partial charge in [-0.1, -0.05) is 30.7 Å². The molecule has 0 unspecified atom stereocenters. The maximum absolute atomic E-state index is 12.2. The van der Waals surface area contributed by atoms with Crippen LogP contribution < -0.4 is 9.62 Å². The Kier molecular flexibility index (Phi) is 7.73. The Morgan fingerprint density at radius 1 is 1.31 bits per heavy atom. The predicted molar refractivity (Wildman–Crippen MR) is 106 cm³/mol. The number of carbonyl (C=O) groups excluding carboxylic acids is 1. The molecule has 1 aliphatic heterocycles. The molecule has 0 aliphatic carbocycles. The van der Waals surface area contributed by atoms with E-state index in [0.29, 0.717) is 17.3 Å². The minimum atomic E-state index is -3.61. The van der Waals surface area contributed by atoms with E-state index < -0.39 is 10.0 Å². The van der Waals surface area contributed by atoms with Crippen molar-refractivity contribution < 1.29 is 13.2 Å². The summed E-state index contributed by atoms with van der Waals surface area (Å²) in [5.41, 5.74) is 0.314. The van der Waals surface area contributed by atoms with Crippen molar-refractivity contribution in [2.24, 2.45) is 5.92 Å². The maximum Gasteiger partial charge on any atom is 0.240 e. The minimum absolute atomic E-state index is 0.274. The Balaban J connectivity index is 1.82. The van der Waals surface area contributed by atoms with Gasteiger partial charge in [-0.3, -0.25) is 9.10 Å². The highest BCUT2D eigenvalue weighted by Gasteiger charge is 2.22. The number of sulfonamides is 1. The Hall–Kier alpha value is -1.31. The second-order valence-electron chi connectivity index (χ2n) is 6.95. The molecule has 1 aliphatic rings. The third-order valence-corrected chi connectivity index (χ3v) is 6.10. The van der Waals surface area contributed by atoms with Crippen molar-refractivity contribution in [1.29, 1.82) is 0 Å². The van der Waals surface area contributed by atoms with Crippen LogP contribution >= 0.6 is 11.6 Å². The van der Waals surface area contributed by atoms with E-state index in [4.69, 9.17) is 11.6 Å². The predicted octanol–water partition coefficient (Wildman–Crippen LogP) is 2.34. The van der Waals surface area contributed by atoms with Crippen molar-refractivity contribution in [2.75, 3.05) is 43.3 Å². The summed E-state index contributed by atoms with van der Waals surface area (Å²) in [7, 11) is -3.61. The van der Waals surface area contributed by atoms with Crippen LogP contribution in [0.4, 0.5) is 5.69 Å². The highest BCUT2D eigenvalue weighted by atomic mass is 35.5. The first-order chi connectivity index (χ1) is 12.3. The van der Waals surface area contributed by atoms with E-state index in [9.17, 15) is 13.2 Å². The Bertz CT molecular complexity index is 703. The van der Waals surface area contributed by atoms with Crippen LogP contribution in [0.15, 0.2) is 24.3 Å². The lowest BCUT2D eigenvalue weighted by Gasteiger charge is -2.30. The van der Waals surface area contributed by atoms with Gasteiger partial charge in [0.05, 0.1) is 17.0 Å². The number of rotatable bonds is 8. The van der Waals surface area contributed by atoms with Gasteiger partial charge >= 0.3 is 0 Å². The number of piperidine rings is 1. The normalized spacial score (nSPS) is 16.4. The summed E-state index contributed by atoms with van der Waals surface area (Å²) in [4.78, 5) is 14.6.